The highest BCUT2D eigenvalue weighted by Crippen LogP contribution is 2.17. The molecule has 0 saturated heterocycles. The van der Waals surface area contributed by atoms with Gasteiger partial charge in [-0.25, -0.2) is 0 Å². The average molecular weight is 149 g/mol. The molecule has 0 aliphatic rings. The molecule has 0 aliphatic carbocycles. The molecule has 0 fully saturated rings. The van der Waals surface area contributed by atoms with E-state index in [1.54, 1.807) is 7.11 Å². The summed E-state index contributed by atoms with van der Waals surface area (Å²) < 4.78 is 5.03. The highest BCUT2D eigenvalue weighted by molar-refractivity contribution is 5.29. The first-order chi connectivity index (χ1) is 5.24. The van der Waals surface area contributed by atoms with Crippen molar-refractivity contribution in [2.75, 3.05) is 7.11 Å². The quantitative estimate of drug-likeness (QED) is 0.628. The van der Waals surface area contributed by atoms with Crippen LogP contribution in [0, 0.1) is 6.92 Å². The molecule has 1 rings (SSSR count). The summed E-state index contributed by atoms with van der Waals surface area (Å²) in [5.41, 5.74) is 1.24. The van der Waals surface area contributed by atoms with E-state index < -0.39 is 0 Å². The van der Waals surface area contributed by atoms with Crippen LogP contribution < -0.4 is 4.74 Å². The highest BCUT2D eigenvalue weighted by Gasteiger charge is 1.97. The van der Waals surface area contributed by atoms with Gasteiger partial charge in [-0.05, 0) is 30.5 Å². The molecule has 1 radical (unpaired) electrons. The van der Waals surface area contributed by atoms with Gasteiger partial charge in [0, 0.05) is 0 Å². The molecule has 0 unspecified atom stereocenters. The molecule has 1 aromatic carbocycles. The summed E-state index contributed by atoms with van der Waals surface area (Å²) in [4.78, 5) is 0. The lowest BCUT2D eigenvalue weighted by molar-refractivity contribution is 0.414. The number of hydrogen-bond donors (Lipinski definition) is 0. The fraction of sp³-hybridized carbons (Fsp3) is 0.300. The van der Waals surface area contributed by atoms with Crippen molar-refractivity contribution < 1.29 is 4.74 Å². The number of hydrogen-bond acceptors (Lipinski definition) is 1. The molecule has 0 bridgehead atoms. The zero-order valence-electron chi connectivity index (χ0n) is 7.00. The van der Waals surface area contributed by atoms with Crippen LogP contribution in [-0.4, -0.2) is 7.11 Å². The molecule has 11 heavy (non-hydrogen) atoms. The van der Waals surface area contributed by atoms with E-state index in [1.165, 1.54) is 5.56 Å². The Morgan fingerprint density at radius 1 is 1.27 bits per heavy atom. The van der Waals surface area contributed by atoms with Crippen molar-refractivity contribution >= 4 is 0 Å². The van der Waals surface area contributed by atoms with Crippen molar-refractivity contribution in [3.05, 3.63) is 36.8 Å². The van der Waals surface area contributed by atoms with Crippen molar-refractivity contribution in [3.63, 3.8) is 0 Å². The Kier molecular flexibility index (Phi) is 2.53. The molecule has 0 heterocycles. The van der Waals surface area contributed by atoms with Crippen molar-refractivity contribution in [3.8, 4) is 5.75 Å². The van der Waals surface area contributed by atoms with E-state index in [1.807, 2.05) is 24.3 Å². The van der Waals surface area contributed by atoms with Crippen LogP contribution in [-0.2, 0) is 0 Å². The maximum atomic E-state index is 5.03. The monoisotopic (exact) mass is 149 g/mol. The zero-order valence-corrected chi connectivity index (χ0v) is 7.00. The minimum absolute atomic E-state index is 0.348. The van der Waals surface area contributed by atoms with Crippen LogP contribution in [0.1, 0.15) is 18.4 Å². The van der Waals surface area contributed by atoms with Gasteiger partial charge in [0.2, 0.25) is 0 Å². The minimum Gasteiger partial charge on any atom is -0.497 e. The van der Waals surface area contributed by atoms with Gasteiger partial charge in [-0.2, -0.15) is 0 Å². The molecule has 0 N–H and O–H groups in total. The largest absolute Gasteiger partial charge is 0.497 e. The van der Waals surface area contributed by atoms with Gasteiger partial charge >= 0.3 is 0 Å². The maximum Gasteiger partial charge on any atom is 0.118 e. The van der Waals surface area contributed by atoms with Crippen molar-refractivity contribution in [2.45, 2.75) is 12.8 Å². The second kappa shape index (κ2) is 3.42. The fourth-order valence-electron chi connectivity index (χ4n) is 0.932. The van der Waals surface area contributed by atoms with Gasteiger partial charge in [0.15, 0.2) is 0 Å². The topological polar surface area (TPSA) is 9.23 Å². The smallest absolute Gasteiger partial charge is 0.118 e. The first kappa shape index (κ1) is 8.12. The predicted octanol–water partition coefficient (Wildman–Crippen LogP) is 2.63. The number of methoxy groups -OCH3 is 1. The summed E-state index contributed by atoms with van der Waals surface area (Å²) in [5, 5.41) is 0. The lowest BCUT2D eigenvalue weighted by Gasteiger charge is -2.05. The van der Waals surface area contributed by atoms with E-state index >= 15 is 0 Å². The molecular formula is C10H13O. The van der Waals surface area contributed by atoms with Crippen molar-refractivity contribution in [1.82, 2.24) is 0 Å². The molecule has 1 heteroatoms. The van der Waals surface area contributed by atoms with Crippen LogP contribution in [0.3, 0.4) is 0 Å². The number of ether oxygens (including phenoxy) is 1. The van der Waals surface area contributed by atoms with Gasteiger partial charge < -0.3 is 4.74 Å². The summed E-state index contributed by atoms with van der Waals surface area (Å²) >= 11 is 0. The van der Waals surface area contributed by atoms with E-state index in [0.29, 0.717) is 5.92 Å². The third-order valence-corrected chi connectivity index (χ3v) is 1.68. The Hall–Kier alpha value is -0.980. The van der Waals surface area contributed by atoms with Crippen LogP contribution in [0.2, 0.25) is 0 Å². The van der Waals surface area contributed by atoms with Crippen LogP contribution >= 0.6 is 0 Å². The SMILES string of the molecule is [CH2][C@H](C)c1ccc(OC)cc1. The maximum absolute atomic E-state index is 5.03. The standard InChI is InChI=1S/C10H13O/c1-8(2)9-4-6-10(11-3)7-5-9/h4-8H,1H2,2-3H3/t8-/m1/s1. The van der Waals surface area contributed by atoms with Crippen LogP contribution in [0.25, 0.3) is 0 Å². The number of rotatable bonds is 2. The molecule has 0 spiro atoms. The van der Waals surface area contributed by atoms with Crippen molar-refractivity contribution in [2.24, 2.45) is 0 Å². The first-order valence-electron chi connectivity index (χ1n) is 3.71. The second-order valence-electron chi connectivity index (χ2n) is 2.67. The summed E-state index contributed by atoms with van der Waals surface area (Å²) in [7, 11) is 1.67. The minimum atomic E-state index is 0.348. The molecule has 0 aliphatic heterocycles. The van der Waals surface area contributed by atoms with E-state index in [4.69, 9.17) is 4.74 Å². The Labute approximate surface area is 68.0 Å². The van der Waals surface area contributed by atoms with Gasteiger partial charge in [0.1, 0.15) is 5.75 Å². The Morgan fingerprint density at radius 2 is 1.82 bits per heavy atom. The Morgan fingerprint density at radius 3 is 2.18 bits per heavy atom. The first-order valence-corrected chi connectivity index (χ1v) is 3.71. The Balaban J connectivity index is 2.83. The molecule has 1 atom stereocenters. The average Bonchev–Trinajstić information content (AvgIpc) is 2.05. The summed E-state index contributed by atoms with van der Waals surface area (Å²) in [6.07, 6.45) is 0. The van der Waals surface area contributed by atoms with Crippen molar-refractivity contribution in [1.29, 1.82) is 0 Å². The second-order valence-corrected chi connectivity index (χ2v) is 2.67. The van der Waals surface area contributed by atoms with Gasteiger partial charge in [0.05, 0.1) is 7.11 Å². The lowest BCUT2D eigenvalue weighted by Crippen LogP contribution is -1.87. The molecule has 0 aromatic heterocycles. The Bertz CT molecular complexity index is 211. The van der Waals surface area contributed by atoms with E-state index in [0.717, 1.165) is 5.75 Å². The molecule has 0 amide bonds. The predicted molar refractivity (Wildman–Crippen MR) is 46.8 cm³/mol. The normalized spacial score (nSPS) is 10.2. The highest BCUT2D eigenvalue weighted by atomic mass is 16.5. The number of benzene rings is 1. The van der Waals surface area contributed by atoms with Gasteiger partial charge in [-0.3, -0.25) is 0 Å². The third kappa shape index (κ3) is 1.97. The summed E-state index contributed by atoms with van der Waals surface area (Å²) in [6, 6.07) is 7.99. The summed E-state index contributed by atoms with van der Waals surface area (Å²) in [6.45, 7) is 5.99. The molecule has 1 nitrogen and oxygen atoms in total. The molecule has 1 aromatic rings. The summed E-state index contributed by atoms with van der Waals surface area (Å²) in [5.74, 6) is 1.25. The zero-order chi connectivity index (χ0) is 8.27. The van der Waals surface area contributed by atoms with E-state index in [9.17, 15) is 0 Å². The molecule has 0 saturated carbocycles. The van der Waals surface area contributed by atoms with Gasteiger partial charge in [0.25, 0.3) is 0 Å². The fourth-order valence-corrected chi connectivity index (χ4v) is 0.932. The van der Waals surface area contributed by atoms with Crippen LogP contribution in [0.5, 0.6) is 5.75 Å². The van der Waals surface area contributed by atoms with Crippen LogP contribution in [0.15, 0.2) is 24.3 Å². The molecule has 59 valence electrons. The van der Waals surface area contributed by atoms with E-state index in [2.05, 4.69) is 13.8 Å². The molecular weight excluding hydrogens is 136 g/mol. The van der Waals surface area contributed by atoms with Gasteiger partial charge in [-0.15, -0.1) is 0 Å². The third-order valence-electron chi connectivity index (χ3n) is 1.68. The van der Waals surface area contributed by atoms with Crippen LogP contribution in [0.4, 0.5) is 0 Å². The van der Waals surface area contributed by atoms with Gasteiger partial charge in [-0.1, -0.05) is 19.1 Å². The van der Waals surface area contributed by atoms with E-state index in [-0.39, 0.29) is 0 Å². The lowest BCUT2D eigenvalue weighted by atomic mass is 10.0.